The van der Waals surface area contributed by atoms with Crippen molar-refractivity contribution in [1.29, 1.82) is 0 Å². The largest absolute Gasteiger partial charge is 0.433 e. The second kappa shape index (κ2) is 9.81. The number of carbonyl (C=O) groups excluding carboxylic acids is 1. The molecule has 0 aliphatic heterocycles. The lowest BCUT2D eigenvalue weighted by atomic mass is 9.90. The van der Waals surface area contributed by atoms with Gasteiger partial charge in [-0.3, -0.25) is 4.79 Å². The molecule has 1 aliphatic carbocycles. The second-order valence-electron chi connectivity index (χ2n) is 8.88. The first kappa shape index (κ1) is 24.1. The van der Waals surface area contributed by atoms with E-state index in [1.807, 2.05) is 24.4 Å². The van der Waals surface area contributed by atoms with Crippen LogP contribution in [0.3, 0.4) is 0 Å². The van der Waals surface area contributed by atoms with Crippen LogP contribution in [-0.2, 0) is 6.18 Å². The molecule has 186 valence electrons. The summed E-state index contributed by atoms with van der Waals surface area (Å²) in [6, 6.07) is 14.7. The van der Waals surface area contributed by atoms with E-state index in [-0.39, 0.29) is 23.5 Å². The number of hydrogen-bond acceptors (Lipinski definition) is 4. The first-order valence-corrected chi connectivity index (χ1v) is 12.0. The van der Waals surface area contributed by atoms with Gasteiger partial charge >= 0.3 is 6.18 Å². The van der Waals surface area contributed by atoms with Crippen LogP contribution in [0, 0.1) is 0 Å². The highest BCUT2D eigenvalue weighted by Crippen LogP contribution is 2.35. The van der Waals surface area contributed by atoms with Gasteiger partial charge in [0.25, 0.3) is 5.91 Å². The summed E-state index contributed by atoms with van der Waals surface area (Å²) in [5, 5.41) is 11.5. The SMILES string of the molecule is O=C(N[C@H]1CC[C@@H](Nc2cc(C(F)(F)F)nc3ccc(Cl)cc23)CC1)c1cccc(-n2cccn2)c1. The quantitative estimate of drug-likeness (QED) is 0.331. The predicted molar refractivity (Wildman–Crippen MR) is 132 cm³/mol. The number of nitrogens with one attached hydrogen (secondary N) is 2. The Labute approximate surface area is 210 Å². The van der Waals surface area contributed by atoms with Gasteiger partial charge in [0.2, 0.25) is 0 Å². The highest BCUT2D eigenvalue weighted by molar-refractivity contribution is 6.31. The van der Waals surface area contributed by atoms with E-state index in [0.717, 1.165) is 11.8 Å². The Bertz CT molecular complexity index is 1380. The first-order chi connectivity index (χ1) is 17.3. The lowest BCUT2D eigenvalue weighted by molar-refractivity contribution is -0.140. The molecule has 36 heavy (non-hydrogen) atoms. The van der Waals surface area contributed by atoms with Crippen LogP contribution in [-0.4, -0.2) is 32.8 Å². The Kier molecular flexibility index (Phi) is 6.57. The lowest BCUT2D eigenvalue weighted by Gasteiger charge is -2.31. The van der Waals surface area contributed by atoms with Crippen LogP contribution in [0.15, 0.2) is 67.0 Å². The fourth-order valence-electron chi connectivity index (χ4n) is 4.54. The zero-order valence-corrected chi connectivity index (χ0v) is 19.9. The molecule has 0 radical (unpaired) electrons. The van der Waals surface area contributed by atoms with E-state index < -0.39 is 11.9 Å². The predicted octanol–water partition coefficient (Wildman–Crippen LogP) is 6.25. The maximum atomic E-state index is 13.4. The van der Waals surface area contributed by atoms with Crippen molar-refractivity contribution in [2.75, 3.05) is 5.32 Å². The molecule has 1 amide bonds. The molecule has 1 saturated carbocycles. The third-order valence-corrected chi connectivity index (χ3v) is 6.60. The van der Waals surface area contributed by atoms with Crippen molar-refractivity contribution in [3.05, 3.63) is 83.3 Å². The van der Waals surface area contributed by atoms with Crippen molar-refractivity contribution in [2.45, 2.75) is 43.9 Å². The molecular formula is C26H23ClF3N5O. The molecule has 2 aromatic carbocycles. The number of pyridine rings is 1. The summed E-state index contributed by atoms with van der Waals surface area (Å²) in [5.41, 5.74) is 0.984. The molecule has 2 aromatic heterocycles. The summed E-state index contributed by atoms with van der Waals surface area (Å²) in [5.74, 6) is -0.162. The third kappa shape index (κ3) is 5.31. The van der Waals surface area contributed by atoms with E-state index in [2.05, 4.69) is 20.7 Å². The lowest BCUT2D eigenvalue weighted by Crippen LogP contribution is -2.40. The minimum atomic E-state index is -4.55. The molecule has 2 heterocycles. The number of benzene rings is 2. The van der Waals surface area contributed by atoms with E-state index >= 15 is 0 Å². The van der Waals surface area contributed by atoms with Crippen LogP contribution in [0.4, 0.5) is 18.9 Å². The van der Waals surface area contributed by atoms with Crippen molar-refractivity contribution >= 4 is 34.1 Å². The number of halogens is 4. The van der Waals surface area contributed by atoms with Crippen LogP contribution in [0.1, 0.15) is 41.7 Å². The maximum Gasteiger partial charge on any atom is 0.433 e. The highest BCUT2D eigenvalue weighted by Gasteiger charge is 2.34. The molecule has 0 bridgehead atoms. The van der Waals surface area contributed by atoms with Gasteiger partial charge in [0, 0.05) is 46.1 Å². The van der Waals surface area contributed by atoms with Gasteiger partial charge in [0.05, 0.1) is 11.2 Å². The summed E-state index contributed by atoms with van der Waals surface area (Å²) >= 11 is 6.10. The number of hydrogen-bond donors (Lipinski definition) is 2. The van der Waals surface area contributed by atoms with Gasteiger partial charge in [-0.05, 0) is 74.2 Å². The number of carbonyl (C=O) groups is 1. The Balaban J connectivity index is 1.24. The average Bonchev–Trinajstić information content (AvgIpc) is 3.40. The van der Waals surface area contributed by atoms with E-state index in [4.69, 9.17) is 11.6 Å². The van der Waals surface area contributed by atoms with Crippen molar-refractivity contribution < 1.29 is 18.0 Å². The normalized spacial score (nSPS) is 18.2. The molecule has 4 aromatic rings. The Morgan fingerprint density at radius 1 is 1.00 bits per heavy atom. The molecule has 6 nitrogen and oxygen atoms in total. The molecule has 2 N–H and O–H groups in total. The Hall–Kier alpha value is -3.59. The minimum Gasteiger partial charge on any atom is -0.382 e. The number of rotatable bonds is 5. The summed E-state index contributed by atoms with van der Waals surface area (Å²) < 4.78 is 41.9. The molecule has 0 atom stereocenters. The van der Waals surface area contributed by atoms with E-state index in [0.29, 0.717) is 47.3 Å². The monoisotopic (exact) mass is 513 g/mol. The Morgan fingerprint density at radius 3 is 2.50 bits per heavy atom. The molecule has 10 heteroatoms. The number of alkyl halides is 3. The second-order valence-corrected chi connectivity index (χ2v) is 9.32. The van der Waals surface area contributed by atoms with E-state index in [1.54, 1.807) is 29.1 Å². The zero-order valence-electron chi connectivity index (χ0n) is 19.1. The smallest absolute Gasteiger partial charge is 0.382 e. The van der Waals surface area contributed by atoms with Crippen LogP contribution in [0.2, 0.25) is 5.02 Å². The van der Waals surface area contributed by atoms with Crippen molar-refractivity contribution in [2.24, 2.45) is 0 Å². The molecule has 0 saturated heterocycles. The molecule has 0 unspecified atom stereocenters. The fourth-order valence-corrected chi connectivity index (χ4v) is 4.72. The van der Waals surface area contributed by atoms with Crippen LogP contribution in [0.5, 0.6) is 0 Å². The van der Waals surface area contributed by atoms with Gasteiger partial charge in [0.15, 0.2) is 0 Å². The number of amides is 1. The summed E-state index contributed by atoms with van der Waals surface area (Å²) in [4.78, 5) is 16.6. The van der Waals surface area contributed by atoms with Gasteiger partial charge in [-0.25, -0.2) is 9.67 Å². The Morgan fingerprint density at radius 2 is 1.78 bits per heavy atom. The number of fused-ring (bicyclic) bond motifs is 1. The fraction of sp³-hybridized carbons (Fsp3) is 0.269. The molecule has 5 rings (SSSR count). The molecule has 0 spiro atoms. The number of aromatic nitrogens is 3. The summed E-state index contributed by atoms with van der Waals surface area (Å²) in [6.45, 7) is 0. The van der Waals surface area contributed by atoms with Crippen LogP contribution < -0.4 is 10.6 Å². The standard InChI is InChI=1S/C26H23ClF3N5O/c27-17-5-10-22-21(14-17)23(15-24(34-22)26(28,29)30)32-18-6-8-19(9-7-18)33-25(36)16-3-1-4-20(13-16)35-12-2-11-31-35/h1-5,10-15,18-19H,6-9H2,(H,32,34)(H,33,36)/t18-,19+. The van der Waals surface area contributed by atoms with Crippen molar-refractivity contribution in [1.82, 2.24) is 20.1 Å². The van der Waals surface area contributed by atoms with Gasteiger partial charge in [-0.15, -0.1) is 0 Å². The topological polar surface area (TPSA) is 71.8 Å². The minimum absolute atomic E-state index is 0.0155. The number of anilines is 1. The van der Waals surface area contributed by atoms with Gasteiger partial charge in [-0.2, -0.15) is 18.3 Å². The van der Waals surface area contributed by atoms with Crippen molar-refractivity contribution in [3.63, 3.8) is 0 Å². The average molecular weight is 514 g/mol. The van der Waals surface area contributed by atoms with E-state index in [9.17, 15) is 18.0 Å². The third-order valence-electron chi connectivity index (χ3n) is 6.36. The van der Waals surface area contributed by atoms with E-state index in [1.165, 1.54) is 12.1 Å². The molecule has 1 aliphatic rings. The molecular weight excluding hydrogens is 491 g/mol. The van der Waals surface area contributed by atoms with Gasteiger partial charge in [-0.1, -0.05) is 17.7 Å². The van der Waals surface area contributed by atoms with Gasteiger partial charge < -0.3 is 10.6 Å². The summed E-state index contributed by atoms with van der Waals surface area (Å²) in [7, 11) is 0. The first-order valence-electron chi connectivity index (χ1n) is 11.6. The van der Waals surface area contributed by atoms with Crippen LogP contribution >= 0.6 is 11.6 Å². The van der Waals surface area contributed by atoms with Gasteiger partial charge in [0.1, 0.15) is 5.69 Å². The van der Waals surface area contributed by atoms with Crippen LogP contribution in [0.25, 0.3) is 16.6 Å². The molecule has 1 fully saturated rings. The summed E-state index contributed by atoms with van der Waals surface area (Å²) in [6.07, 6.45) is 1.74. The van der Waals surface area contributed by atoms with Crippen molar-refractivity contribution in [3.8, 4) is 5.69 Å². The zero-order chi connectivity index (χ0) is 25.3. The maximum absolute atomic E-state index is 13.4. The highest BCUT2D eigenvalue weighted by atomic mass is 35.5. The number of nitrogens with zero attached hydrogens (tertiary/aromatic N) is 3.